The highest BCUT2D eigenvalue weighted by Crippen LogP contribution is 2.35. The van der Waals surface area contributed by atoms with Crippen molar-refractivity contribution in [3.05, 3.63) is 60.2 Å². The molecule has 1 aliphatic heterocycles. The van der Waals surface area contributed by atoms with E-state index in [0.29, 0.717) is 24.7 Å². The zero-order chi connectivity index (χ0) is 19.1. The number of nitrogens with zero attached hydrogens (tertiary/aromatic N) is 1. The van der Waals surface area contributed by atoms with E-state index in [-0.39, 0.29) is 5.78 Å². The first kappa shape index (κ1) is 20.0. The molecular weight excluding hydrogens is 362 g/mol. The molecule has 0 saturated carbocycles. The van der Waals surface area contributed by atoms with E-state index in [1.807, 2.05) is 54.6 Å². The maximum Gasteiger partial charge on any atom is 0.285 e. The first-order chi connectivity index (χ1) is 13.2. The van der Waals surface area contributed by atoms with Crippen molar-refractivity contribution in [2.45, 2.75) is 5.12 Å². The molecule has 0 radical (unpaired) electrons. The van der Waals surface area contributed by atoms with Gasteiger partial charge in [-0.05, 0) is 11.1 Å². The molecule has 1 saturated heterocycles. The van der Waals surface area contributed by atoms with E-state index in [2.05, 4.69) is 4.90 Å². The number of morpholine rings is 1. The van der Waals surface area contributed by atoms with E-state index in [0.717, 1.165) is 24.2 Å². The smallest absolute Gasteiger partial charge is 0.285 e. The van der Waals surface area contributed by atoms with Crippen LogP contribution >= 0.6 is 11.8 Å². The second-order valence-corrected chi connectivity index (χ2v) is 7.29. The van der Waals surface area contributed by atoms with Gasteiger partial charge in [0, 0.05) is 32.9 Å². The lowest BCUT2D eigenvalue weighted by Gasteiger charge is -2.33. The Morgan fingerprint density at radius 3 is 2.33 bits per heavy atom. The Morgan fingerprint density at radius 2 is 1.67 bits per heavy atom. The number of hydrogen-bond acceptors (Lipinski definition) is 6. The molecule has 0 unspecified atom stereocenters. The molecule has 0 aromatic heterocycles. The van der Waals surface area contributed by atoms with E-state index >= 15 is 0 Å². The molecule has 0 bridgehead atoms. The third-order valence-corrected chi connectivity index (χ3v) is 6.01. The van der Waals surface area contributed by atoms with Gasteiger partial charge in [0.1, 0.15) is 0 Å². The van der Waals surface area contributed by atoms with E-state index in [1.165, 1.54) is 26.0 Å². The van der Waals surface area contributed by atoms with Crippen LogP contribution in [-0.2, 0) is 14.2 Å². The van der Waals surface area contributed by atoms with Crippen LogP contribution in [0.25, 0.3) is 11.1 Å². The number of carbonyl (C=O) groups is 1. The first-order valence-corrected chi connectivity index (χ1v) is 9.92. The monoisotopic (exact) mass is 387 g/mol. The van der Waals surface area contributed by atoms with Crippen LogP contribution < -0.4 is 0 Å². The molecule has 0 aliphatic carbocycles. The van der Waals surface area contributed by atoms with Crippen molar-refractivity contribution in [2.75, 3.05) is 46.4 Å². The van der Waals surface area contributed by atoms with Gasteiger partial charge in [0.15, 0.2) is 0 Å². The van der Waals surface area contributed by atoms with Crippen LogP contribution in [0.2, 0.25) is 0 Å². The zero-order valence-corrected chi connectivity index (χ0v) is 16.5. The highest BCUT2D eigenvalue weighted by molar-refractivity contribution is 8.01. The summed E-state index contributed by atoms with van der Waals surface area (Å²) >= 11 is 1.36. The molecule has 0 N–H and O–H groups in total. The summed E-state index contributed by atoms with van der Waals surface area (Å²) in [4.78, 5) is 15.7. The van der Waals surface area contributed by atoms with Crippen LogP contribution in [0.15, 0.2) is 54.6 Å². The molecule has 0 amide bonds. The van der Waals surface area contributed by atoms with Crippen molar-refractivity contribution >= 4 is 17.5 Å². The third-order valence-electron chi connectivity index (χ3n) is 4.61. The Kier molecular flexibility index (Phi) is 7.04. The number of carbonyl (C=O) groups excluding carboxylic acids is 1. The van der Waals surface area contributed by atoms with Crippen LogP contribution in [0.3, 0.4) is 0 Å². The van der Waals surface area contributed by atoms with E-state index < -0.39 is 5.12 Å². The number of rotatable bonds is 8. The number of benzene rings is 2. The number of ether oxygens (including phenoxy) is 3. The molecule has 6 heteroatoms. The highest BCUT2D eigenvalue weighted by Gasteiger charge is 2.42. The van der Waals surface area contributed by atoms with Gasteiger partial charge in [0.25, 0.3) is 5.12 Å². The number of hydrogen-bond donors (Lipinski definition) is 0. The third kappa shape index (κ3) is 4.59. The SMILES string of the molecule is COC(OC)(SCN1CCOCC1)C(=O)c1ccccc1-c1ccccc1. The van der Waals surface area contributed by atoms with Crippen LogP contribution in [0.4, 0.5) is 0 Å². The van der Waals surface area contributed by atoms with Gasteiger partial charge in [0.2, 0.25) is 5.78 Å². The molecule has 0 atom stereocenters. The summed E-state index contributed by atoms with van der Waals surface area (Å²) in [5, 5.41) is -1.39. The maximum atomic E-state index is 13.5. The van der Waals surface area contributed by atoms with Crippen molar-refractivity contribution in [1.29, 1.82) is 0 Å². The lowest BCUT2D eigenvalue weighted by Crippen LogP contribution is -2.43. The number of Topliss-reactive ketones (excluding diaryl/α,β-unsaturated/α-hetero) is 1. The summed E-state index contributed by atoms with van der Waals surface area (Å²) in [6.07, 6.45) is 0. The van der Waals surface area contributed by atoms with Crippen LogP contribution in [0.1, 0.15) is 10.4 Å². The van der Waals surface area contributed by atoms with E-state index in [4.69, 9.17) is 14.2 Å². The van der Waals surface area contributed by atoms with Crippen LogP contribution in [0.5, 0.6) is 0 Å². The maximum absolute atomic E-state index is 13.5. The fourth-order valence-corrected chi connectivity index (χ4v) is 4.16. The van der Waals surface area contributed by atoms with Gasteiger partial charge >= 0.3 is 0 Å². The quantitative estimate of drug-likeness (QED) is 0.510. The summed E-state index contributed by atoms with van der Waals surface area (Å²) in [6, 6.07) is 17.4. The number of ketones is 1. The molecule has 3 rings (SSSR count). The van der Waals surface area contributed by atoms with E-state index in [9.17, 15) is 4.79 Å². The molecule has 0 spiro atoms. The average Bonchev–Trinajstić information content (AvgIpc) is 2.76. The van der Waals surface area contributed by atoms with Crippen molar-refractivity contribution in [2.24, 2.45) is 0 Å². The molecule has 2 aromatic carbocycles. The lowest BCUT2D eigenvalue weighted by atomic mass is 9.97. The second kappa shape index (κ2) is 9.48. The van der Waals surface area contributed by atoms with Crippen molar-refractivity contribution < 1.29 is 19.0 Å². The second-order valence-electron chi connectivity index (χ2n) is 6.21. The molecule has 144 valence electrons. The molecule has 1 aliphatic rings. The van der Waals surface area contributed by atoms with Crippen molar-refractivity contribution in [3.63, 3.8) is 0 Å². The van der Waals surface area contributed by atoms with Gasteiger partial charge in [-0.2, -0.15) is 0 Å². The average molecular weight is 388 g/mol. The molecule has 27 heavy (non-hydrogen) atoms. The highest BCUT2D eigenvalue weighted by atomic mass is 32.2. The molecule has 1 fully saturated rings. The van der Waals surface area contributed by atoms with Gasteiger partial charge in [0.05, 0.1) is 19.1 Å². The summed E-state index contributed by atoms with van der Waals surface area (Å²) in [6.45, 7) is 3.09. The molecule has 1 heterocycles. The Balaban J connectivity index is 1.87. The van der Waals surface area contributed by atoms with Crippen molar-refractivity contribution in [1.82, 2.24) is 4.90 Å². The van der Waals surface area contributed by atoms with Crippen LogP contribution in [-0.4, -0.2) is 62.2 Å². The predicted octanol–water partition coefficient (Wildman–Crippen LogP) is 3.51. The van der Waals surface area contributed by atoms with Gasteiger partial charge < -0.3 is 14.2 Å². The van der Waals surface area contributed by atoms with E-state index in [1.54, 1.807) is 0 Å². The Labute approximate surface area is 164 Å². The minimum absolute atomic E-state index is 0.190. The lowest BCUT2D eigenvalue weighted by molar-refractivity contribution is -0.102. The van der Waals surface area contributed by atoms with Gasteiger partial charge in [-0.25, -0.2) is 0 Å². The standard InChI is InChI=1S/C21H25NO4S/c1-24-21(25-2,27-16-22-12-14-26-15-13-22)20(23)19-11-7-6-10-18(19)17-8-4-3-5-9-17/h3-11H,12-16H2,1-2H3. The fraction of sp³-hybridized carbons (Fsp3) is 0.381. The van der Waals surface area contributed by atoms with Gasteiger partial charge in [-0.15, -0.1) is 0 Å². The van der Waals surface area contributed by atoms with Gasteiger partial charge in [-0.3, -0.25) is 9.69 Å². The molecule has 2 aromatic rings. The normalized spacial score (nSPS) is 15.6. The fourth-order valence-electron chi connectivity index (χ4n) is 3.07. The predicted molar refractivity (Wildman–Crippen MR) is 108 cm³/mol. The summed E-state index contributed by atoms with van der Waals surface area (Å²) in [5.41, 5.74) is 2.44. The Morgan fingerprint density at radius 1 is 1.04 bits per heavy atom. The van der Waals surface area contributed by atoms with Crippen molar-refractivity contribution in [3.8, 4) is 11.1 Å². The van der Waals surface area contributed by atoms with Gasteiger partial charge in [-0.1, -0.05) is 66.4 Å². The molecule has 5 nitrogen and oxygen atoms in total. The summed E-state index contributed by atoms with van der Waals surface area (Å²) in [7, 11) is 3.03. The summed E-state index contributed by atoms with van der Waals surface area (Å²) < 4.78 is 16.6. The Bertz CT molecular complexity index is 743. The minimum atomic E-state index is -1.39. The van der Waals surface area contributed by atoms with Crippen LogP contribution in [0, 0.1) is 0 Å². The number of thioether (sulfide) groups is 1. The number of methoxy groups -OCH3 is 2. The summed E-state index contributed by atoms with van der Waals surface area (Å²) in [5.74, 6) is 0.440. The largest absolute Gasteiger partial charge is 0.379 e. The topological polar surface area (TPSA) is 48.0 Å². The zero-order valence-electron chi connectivity index (χ0n) is 15.7. The molecular formula is C21H25NO4S. The first-order valence-electron chi connectivity index (χ1n) is 8.94. The Hall–Kier alpha value is -1.70. The minimum Gasteiger partial charge on any atom is -0.379 e.